The van der Waals surface area contributed by atoms with E-state index in [4.69, 9.17) is 22.5 Å². The zero-order chi connectivity index (χ0) is 14.9. The van der Waals surface area contributed by atoms with Crippen LogP contribution in [0.4, 0.5) is 17.1 Å². The van der Waals surface area contributed by atoms with E-state index in [1.54, 1.807) is 30.3 Å². The number of hydrogen-bond acceptors (Lipinski definition) is 4. The predicted octanol–water partition coefficient (Wildman–Crippen LogP) is 2.92. The number of primary sulfonamides is 1. The number of benzene rings is 2. The fourth-order valence-electron chi connectivity index (χ4n) is 1.64. The molecule has 0 bridgehead atoms. The number of nitrogens with two attached hydrogens (primary N) is 2. The van der Waals surface area contributed by atoms with Gasteiger partial charge in [0.1, 0.15) is 4.90 Å². The van der Waals surface area contributed by atoms with Crippen LogP contribution in [0.25, 0.3) is 0 Å². The lowest BCUT2D eigenvalue weighted by Gasteiger charge is -2.13. The maximum Gasteiger partial charge on any atom is 0.240 e. The second-order valence-electron chi connectivity index (χ2n) is 4.01. The molecule has 20 heavy (non-hydrogen) atoms. The topological polar surface area (TPSA) is 98.2 Å². The first-order valence-electron chi connectivity index (χ1n) is 5.42. The lowest BCUT2D eigenvalue weighted by Crippen LogP contribution is -2.15. The third kappa shape index (κ3) is 3.35. The Hall–Kier alpha value is -1.03. The normalized spacial score (nSPS) is 11.3. The maximum atomic E-state index is 11.4. The van der Waals surface area contributed by atoms with Crippen LogP contribution in [0, 0.1) is 3.57 Å². The molecule has 5 nitrogen and oxygen atoms in total. The van der Waals surface area contributed by atoms with Crippen molar-refractivity contribution in [3.05, 3.63) is 45.0 Å². The Kier molecular flexibility index (Phi) is 4.43. The Morgan fingerprint density at radius 2 is 1.85 bits per heavy atom. The van der Waals surface area contributed by atoms with Crippen molar-refractivity contribution in [3.8, 4) is 0 Å². The van der Waals surface area contributed by atoms with Crippen molar-refractivity contribution in [2.24, 2.45) is 5.14 Å². The molecule has 0 aliphatic carbocycles. The molecular weight excluding hydrogens is 413 g/mol. The van der Waals surface area contributed by atoms with Gasteiger partial charge in [-0.2, -0.15) is 0 Å². The van der Waals surface area contributed by atoms with Gasteiger partial charge in [-0.05, 0) is 52.9 Å². The largest absolute Gasteiger partial charge is 0.396 e. The average molecular weight is 424 g/mol. The highest BCUT2D eigenvalue weighted by atomic mass is 127. The summed E-state index contributed by atoms with van der Waals surface area (Å²) < 4.78 is 23.7. The Labute approximate surface area is 135 Å². The van der Waals surface area contributed by atoms with Gasteiger partial charge >= 0.3 is 0 Å². The van der Waals surface area contributed by atoms with Gasteiger partial charge in [0.05, 0.1) is 17.1 Å². The van der Waals surface area contributed by atoms with Crippen LogP contribution in [-0.2, 0) is 10.0 Å². The zero-order valence-corrected chi connectivity index (χ0v) is 13.8. The summed E-state index contributed by atoms with van der Waals surface area (Å²) in [5.74, 6) is 0. The molecule has 2 aromatic rings. The highest BCUT2D eigenvalue weighted by Gasteiger charge is 2.15. The summed E-state index contributed by atoms with van der Waals surface area (Å²) in [6, 6.07) is 9.90. The molecule has 0 unspecified atom stereocenters. The first kappa shape index (κ1) is 15.4. The standard InChI is InChI=1S/C12H11ClIN3O2S/c13-7-4-5-9(8(14)6-7)17-10-2-1-3-11(12(10)15)20(16,18)19/h1-6,17H,15H2,(H2,16,18,19). The first-order chi connectivity index (χ1) is 9.29. The van der Waals surface area contributed by atoms with E-state index in [2.05, 4.69) is 27.9 Å². The van der Waals surface area contributed by atoms with Gasteiger partial charge in [0.25, 0.3) is 0 Å². The maximum absolute atomic E-state index is 11.4. The second kappa shape index (κ2) is 5.76. The summed E-state index contributed by atoms with van der Waals surface area (Å²) in [5, 5.41) is 8.80. The summed E-state index contributed by atoms with van der Waals surface area (Å²) in [5.41, 5.74) is 7.17. The molecule has 106 valence electrons. The number of anilines is 3. The summed E-state index contributed by atoms with van der Waals surface area (Å²) in [4.78, 5) is -0.105. The Bertz CT molecular complexity index is 765. The predicted molar refractivity (Wildman–Crippen MR) is 89.7 cm³/mol. The van der Waals surface area contributed by atoms with Crippen molar-refractivity contribution < 1.29 is 8.42 Å². The fraction of sp³-hybridized carbons (Fsp3) is 0. The molecule has 0 amide bonds. The molecule has 8 heteroatoms. The number of sulfonamides is 1. The van der Waals surface area contributed by atoms with E-state index < -0.39 is 10.0 Å². The number of para-hydroxylation sites is 1. The number of nitrogens with one attached hydrogen (secondary N) is 1. The molecule has 0 saturated heterocycles. The lowest BCUT2D eigenvalue weighted by molar-refractivity contribution is 0.598. The molecule has 0 aromatic heterocycles. The van der Waals surface area contributed by atoms with E-state index in [1.165, 1.54) is 6.07 Å². The summed E-state index contributed by atoms with van der Waals surface area (Å²) >= 11 is 8.00. The molecule has 0 heterocycles. The van der Waals surface area contributed by atoms with Crippen LogP contribution < -0.4 is 16.2 Å². The molecular formula is C12H11ClIN3O2S. The van der Waals surface area contributed by atoms with Crippen LogP contribution in [0.1, 0.15) is 0 Å². The molecule has 0 spiro atoms. The smallest absolute Gasteiger partial charge is 0.240 e. The van der Waals surface area contributed by atoms with E-state index in [9.17, 15) is 8.42 Å². The Morgan fingerprint density at radius 1 is 1.15 bits per heavy atom. The van der Waals surface area contributed by atoms with Crippen molar-refractivity contribution in [1.29, 1.82) is 0 Å². The van der Waals surface area contributed by atoms with Gasteiger partial charge in [0, 0.05) is 8.59 Å². The van der Waals surface area contributed by atoms with E-state index in [0.29, 0.717) is 10.7 Å². The Morgan fingerprint density at radius 3 is 2.45 bits per heavy atom. The van der Waals surface area contributed by atoms with Crippen LogP contribution in [0.15, 0.2) is 41.3 Å². The fourth-order valence-corrected chi connectivity index (χ4v) is 3.33. The molecule has 0 saturated carbocycles. The van der Waals surface area contributed by atoms with Gasteiger partial charge in [0.15, 0.2) is 0 Å². The van der Waals surface area contributed by atoms with Crippen molar-refractivity contribution >= 4 is 61.3 Å². The molecule has 0 aliphatic heterocycles. The van der Waals surface area contributed by atoms with E-state index >= 15 is 0 Å². The van der Waals surface area contributed by atoms with E-state index in [0.717, 1.165) is 9.26 Å². The van der Waals surface area contributed by atoms with E-state index in [1.807, 2.05) is 0 Å². The van der Waals surface area contributed by atoms with Crippen LogP contribution in [0.2, 0.25) is 5.02 Å². The van der Waals surface area contributed by atoms with Crippen molar-refractivity contribution in [3.63, 3.8) is 0 Å². The highest BCUT2D eigenvalue weighted by molar-refractivity contribution is 14.1. The third-order valence-corrected chi connectivity index (χ3v) is 4.67. The quantitative estimate of drug-likeness (QED) is 0.522. The Balaban J connectivity index is 2.45. The van der Waals surface area contributed by atoms with E-state index in [-0.39, 0.29) is 10.6 Å². The number of hydrogen-bond donors (Lipinski definition) is 3. The zero-order valence-electron chi connectivity index (χ0n) is 10.1. The van der Waals surface area contributed by atoms with Gasteiger partial charge in [-0.3, -0.25) is 0 Å². The number of halogens is 2. The van der Waals surface area contributed by atoms with Crippen LogP contribution in [0.3, 0.4) is 0 Å². The molecule has 0 radical (unpaired) electrons. The summed E-state index contributed by atoms with van der Waals surface area (Å²) in [6.45, 7) is 0. The highest BCUT2D eigenvalue weighted by Crippen LogP contribution is 2.31. The van der Waals surface area contributed by atoms with Crippen LogP contribution >= 0.6 is 34.2 Å². The van der Waals surface area contributed by atoms with Gasteiger partial charge < -0.3 is 11.1 Å². The van der Waals surface area contributed by atoms with Crippen molar-refractivity contribution in [2.75, 3.05) is 11.1 Å². The van der Waals surface area contributed by atoms with Gasteiger partial charge in [-0.15, -0.1) is 0 Å². The van der Waals surface area contributed by atoms with Gasteiger partial charge in [0.2, 0.25) is 10.0 Å². The van der Waals surface area contributed by atoms with Crippen molar-refractivity contribution in [2.45, 2.75) is 4.90 Å². The second-order valence-corrected chi connectivity index (χ2v) is 7.14. The van der Waals surface area contributed by atoms with Gasteiger partial charge in [-0.1, -0.05) is 17.7 Å². The lowest BCUT2D eigenvalue weighted by atomic mass is 10.2. The molecule has 2 rings (SSSR count). The molecule has 5 N–H and O–H groups in total. The monoisotopic (exact) mass is 423 g/mol. The minimum Gasteiger partial charge on any atom is -0.396 e. The minimum absolute atomic E-state index is 0.0840. The third-order valence-electron chi connectivity index (χ3n) is 2.57. The number of rotatable bonds is 3. The van der Waals surface area contributed by atoms with Crippen LogP contribution in [0.5, 0.6) is 0 Å². The molecule has 0 fully saturated rings. The molecule has 0 aliphatic rings. The average Bonchev–Trinajstić information content (AvgIpc) is 2.33. The number of nitrogen functional groups attached to an aromatic ring is 1. The SMILES string of the molecule is Nc1c(Nc2ccc(Cl)cc2I)cccc1S(N)(=O)=O. The molecule has 0 atom stereocenters. The minimum atomic E-state index is -3.85. The first-order valence-corrected chi connectivity index (χ1v) is 8.42. The summed E-state index contributed by atoms with van der Waals surface area (Å²) in [7, 11) is -3.85. The summed E-state index contributed by atoms with van der Waals surface area (Å²) in [6.07, 6.45) is 0. The molecule has 2 aromatic carbocycles. The van der Waals surface area contributed by atoms with Crippen molar-refractivity contribution in [1.82, 2.24) is 0 Å². The van der Waals surface area contributed by atoms with Crippen LogP contribution in [-0.4, -0.2) is 8.42 Å². The van der Waals surface area contributed by atoms with Gasteiger partial charge in [-0.25, -0.2) is 13.6 Å².